The van der Waals surface area contributed by atoms with Crippen molar-refractivity contribution in [3.8, 4) is 11.1 Å². The Morgan fingerprint density at radius 3 is 2.29 bits per heavy atom. The lowest BCUT2D eigenvalue weighted by atomic mass is 10.0. The van der Waals surface area contributed by atoms with Crippen molar-refractivity contribution in [1.29, 1.82) is 0 Å². The minimum absolute atomic E-state index is 0.448. The van der Waals surface area contributed by atoms with Gasteiger partial charge in [-0.25, -0.2) is 0 Å². The van der Waals surface area contributed by atoms with Crippen LogP contribution in [0.4, 0.5) is 0 Å². The van der Waals surface area contributed by atoms with Crippen LogP contribution in [0.1, 0.15) is 36.6 Å². The first-order valence-corrected chi connectivity index (χ1v) is 6.15. The van der Waals surface area contributed by atoms with Crippen LogP contribution in [0.2, 0.25) is 0 Å². The molecule has 88 valence electrons. The molecule has 0 aromatic heterocycles. The molecule has 0 amide bonds. The van der Waals surface area contributed by atoms with Crippen LogP contribution < -0.4 is 0 Å². The maximum absolute atomic E-state index is 10.2. The molecule has 0 heterocycles. The van der Waals surface area contributed by atoms with E-state index < -0.39 is 6.10 Å². The SMILES string of the molecule is CC.Cc1ccc2c(c1)C(O)c1ccccc1-2. The summed E-state index contributed by atoms with van der Waals surface area (Å²) in [6, 6.07) is 14.3. The summed E-state index contributed by atoms with van der Waals surface area (Å²) in [5.41, 5.74) is 5.60. The molecule has 0 fully saturated rings. The van der Waals surface area contributed by atoms with E-state index in [1.807, 2.05) is 32.0 Å². The monoisotopic (exact) mass is 226 g/mol. The highest BCUT2D eigenvalue weighted by Crippen LogP contribution is 2.43. The Bertz CT molecular complexity index is 529. The van der Waals surface area contributed by atoms with Crippen molar-refractivity contribution in [3.05, 3.63) is 59.2 Å². The van der Waals surface area contributed by atoms with E-state index in [0.29, 0.717) is 0 Å². The average molecular weight is 226 g/mol. The van der Waals surface area contributed by atoms with Crippen LogP contribution in [0.3, 0.4) is 0 Å². The highest BCUT2D eigenvalue weighted by molar-refractivity contribution is 5.78. The lowest BCUT2D eigenvalue weighted by Crippen LogP contribution is -1.93. The Balaban J connectivity index is 0.000000514. The van der Waals surface area contributed by atoms with Gasteiger partial charge in [0.05, 0.1) is 0 Å². The van der Waals surface area contributed by atoms with Gasteiger partial charge >= 0.3 is 0 Å². The van der Waals surface area contributed by atoms with E-state index in [-0.39, 0.29) is 0 Å². The molecule has 17 heavy (non-hydrogen) atoms. The molecular formula is C16H18O. The number of hydrogen-bond donors (Lipinski definition) is 1. The Kier molecular flexibility index (Phi) is 3.30. The van der Waals surface area contributed by atoms with E-state index in [2.05, 4.69) is 31.2 Å². The molecular weight excluding hydrogens is 208 g/mol. The fraction of sp³-hybridized carbons (Fsp3) is 0.250. The van der Waals surface area contributed by atoms with E-state index >= 15 is 0 Å². The minimum Gasteiger partial charge on any atom is -0.384 e. The minimum atomic E-state index is -0.448. The molecule has 0 aliphatic heterocycles. The number of aliphatic hydroxyl groups excluding tert-OH is 1. The van der Waals surface area contributed by atoms with Crippen molar-refractivity contribution >= 4 is 0 Å². The Hall–Kier alpha value is -1.60. The van der Waals surface area contributed by atoms with Crippen LogP contribution in [-0.4, -0.2) is 5.11 Å². The van der Waals surface area contributed by atoms with Gasteiger partial charge in [0.2, 0.25) is 0 Å². The molecule has 1 nitrogen and oxygen atoms in total. The summed E-state index contributed by atoms with van der Waals surface area (Å²) in [5.74, 6) is 0. The predicted octanol–water partition coefficient (Wildman–Crippen LogP) is 4.08. The lowest BCUT2D eigenvalue weighted by Gasteiger charge is -2.05. The fourth-order valence-corrected chi connectivity index (χ4v) is 2.30. The van der Waals surface area contributed by atoms with Crippen LogP contribution in [-0.2, 0) is 0 Å². The van der Waals surface area contributed by atoms with Crippen molar-refractivity contribution < 1.29 is 5.11 Å². The van der Waals surface area contributed by atoms with Gasteiger partial charge in [-0.2, -0.15) is 0 Å². The van der Waals surface area contributed by atoms with Crippen LogP contribution in [0.15, 0.2) is 42.5 Å². The maximum atomic E-state index is 10.2. The summed E-state index contributed by atoms with van der Waals surface area (Å²) in [7, 11) is 0. The van der Waals surface area contributed by atoms with Gasteiger partial charge in [-0.05, 0) is 29.2 Å². The third-order valence-electron chi connectivity index (χ3n) is 3.05. The molecule has 2 aromatic carbocycles. The fourth-order valence-electron chi connectivity index (χ4n) is 2.30. The molecule has 1 N–H and O–H groups in total. The third-order valence-corrected chi connectivity index (χ3v) is 3.05. The second-order valence-electron chi connectivity index (χ2n) is 4.08. The summed E-state index contributed by atoms with van der Waals surface area (Å²) in [6.45, 7) is 6.05. The first-order chi connectivity index (χ1) is 8.27. The molecule has 0 bridgehead atoms. The van der Waals surface area contributed by atoms with Crippen LogP contribution in [0, 0.1) is 6.92 Å². The molecule has 1 aliphatic rings. The Morgan fingerprint density at radius 2 is 1.53 bits per heavy atom. The summed E-state index contributed by atoms with van der Waals surface area (Å²) in [5, 5.41) is 10.2. The Morgan fingerprint density at radius 1 is 0.882 bits per heavy atom. The molecule has 1 unspecified atom stereocenters. The van der Waals surface area contributed by atoms with Crippen LogP contribution >= 0.6 is 0 Å². The first kappa shape index (κ1) is 11.9. The quantitative estimate of drug-likeness (QED) is 0.717. The molecule has 2 aromatic rings. The highest BCUT2D eigenvalue weighted by Gasteiger charge is 2.25. The zero-order valence-corrected chi connectivity index (χ0v) is 10.6. The summed E-state index contributed by atoms with van der Waals surface area (Å²) >= 11 is 0. The van der Waals surface area contributed by atoms with Crippen molar-refractivity contribution in [1.82, 2.24) is 0 Å². The summed E-state index contributed by atoms with van der Waals surface area (Å²) < 4.78 is 0. The summed E-state index contributed by atoms with van der Waals surface area (Å²) in [6.07, 6.45) is -0.448. The standard InChI is InChI=1S/C14H12O.C2H6/c1-9-6-7-11-10-4-2-3-5-12(10)14(15)13(11)8-9;1-2/h2-8,14-15H,1H3;1-2H3. The van der Waals surface area contributed by atoms with Gasteiger partial charge in [-0.1, -0.05) is 61.9 Å². The zero-order valence-electron chi connectivity index (χ0n) is 10.6. The molecule has 0 spiro atoms. The van der Waals surface area contributed by atoms with Gasteiger partial charge in [0.15, 0.2) is 0 Å². The molecule has 0 saturated heterocycles. The van der Waals surface area contributed by atoms with E-state index in [0.717, 1.165) is 11.1 Å². The topological polar surface area (TPSA) is 20.2 Å². The van der Waals surface area contributed by atoms with Crippen LogP contribution in [0.5, 0.6) is 0 Å². The van der Waals surface area contributed by atoms with Gasteiger partial charge in [0.25, 0.3) is 0 Å². The van der Waals surface area contributed by atoms with E-state index in [1.54, 1.807) is 0 Å². The second-order valence-corrected chi connectivity index (χ2v) is 4.08. The lowest BCUT2D eigenvalue weighted by molar-refractivity contribution is 0.225. The maximum Gasteiger partial charge on any atom is 0.105 e. The third kappa shape index (κ3) is 1.87. The summed E-state index contributed by atoms with van der Waals surface area (Å²) in [4.78, 5) is 0. The largest absolute Gasteiger partial charge is 0.384 e. The number of aliphatic hydroxyl groups is 1. The molecule has 1 atom stereocenters. The van der Waals surface area contributed by atoms with Crippen molar-refractivity contribution in [2.24, 2.45) is 0 Å². The predicted molar refractivity (Wildman–Crippen MR) is 72.0 cm³/mol. The average Bonchev–Trinajstić information content (AvgIpc) is 2.66. The number of benzene rings is 2. The normalized spacial score (nSPS) is 15.6. The highest BCUT2D eigenvalue weighted by atomic mass is 16.3. The molecule has 1 heteroatoms. The van der Waals surface area contributed by atoms with Crippen LogP contribution in [0.25, 0.3) is 11.1 Å². The number of fused-ring (bicyclic) bond motifs is 3. The van der Waals surface area contributed by atoms with Crippen molar-refractivity contribution in [2.45, 2.75) is 26.9 Å². The van der Waals surface area contributed by atoms with Gasteiger partial charge in [0.1, 0.15) is 6.10 Å². The van der Waals surface area contributed by atoms with Gasteiger partial charge in [0, 0.05) is 0 Å². The first-order valence-electron chi connectivity index (χ1n) is 6.15. The Labute approximate surface area is 103 Å². The van der Waals surface area contributed by atoms with Gasteiger partial charge in [-0.3, -0.25) is 0 Å². The van der Waals surface area contributed by atoms with Gasteiger partial charge in [-0.15, -0.1) is 0 Å². The second kappa shape index (κ2) is 4.72. The zero-order chi connectivity index (χ0) is 12.4. The molecule has 0 radical (unpaired) electrons. The van der Waals surface area contributed by atoms with Gasteiger partial charge < -0.3 is 5.11 Å². The van der Waals surface area contributed by atoms with E-state index in [9.17, 15) is 5.11 Å². The molecule has 0 saturated carbocycles. The number of aryl methyl sites for hydroxylation is 1. The number of hydrogen-bond acceptors (Lipinski definition) is 1. The molecule has 3 rings (SSSR count). The van der Waals surface area contributed by atoms with Crippen molar-refractivity contribution in [3.63, 3.8) is 0 Å². The number of rotatable bonds is 0. The van der Waals surface area contributed by atoms with E-state index in [4.69, 9.17) is 0 Å². The van der Waals surface area contributed by atoms with Crippen molar-refractivity contribution in [2.75, 3.05) is 0 Å². The molecule has 1 aliphatic carbocycles. The van der Waals surface area contributed by atoms with E-state index in [1.165, 1.54) is 16.7 Å². The smallest absolute Gasteiger partial charge is 0.105 e.